The zero-order valence-corrected chi connectivity index (χ0v) is 15.4. The molecule has 2 fully saturated rings. The summed E-state index contributed by atoms with van der Waals surface area (Å²) in [4.78, 5) is 2.53. The minimum atomic E-state index is -0.323. The number of hydrogen-bond donors (Lipinski definition) is 1. The molecule has 0 spiro atoms. The van der Waals surface area contributed by atoms with Gasteiger partial charge in [-0.1, -0.05) is 24.3 Å². The number of nitrogens with two attached hydrogens (primary N) is 1. The highest BCUT2D eigenvalue weighted by Crippen LogP contribution is 2.39. The molecular formula is C22H26F2N2O. The van der Waals surface area contributed by atoms with Crippen LogP contribution >= 0.6 is 0 Å². The van der Waals surface area contributed by atoms with Crippen LogP contribution in [0.15, 0.2) is 48.5 Å². The van der Waals surface area contributed by atoms with Gasteiger partial charge in [-0.2, -0.15) is 0 Å². The Morgan fingerprint density at radius 1 is 0.889 bits per heavy atom. The molecule has 2 aromatic rings. The van der Waals surface area contributed by atoms with E-state index in [0.29, 0.717) is 18.6 Å². The van der Waals surface area contributed by atoms with Crippen molar-refractivity contribution in [3.63, 3.8) is 0 Å². The van der Waals surface area contributed by atoms with Gasteiger partial charge >= 0.3 is 0 Å². The Morgan fingerprint density at radius 3 is 1.81 bits per heavy atom. The summed E-state index contributed by atoms with van der Waals surface area (Å²) in [5.41, 5.74) is 7.55. The summed E-state index contributed by atoms with van der Waals surface area (Å²) >= 11 is 0. The zero-order valence-electron chi connectivity index (χ0n) is 15.4. The Hall–Kier alpha value is -1.82. The third kappa shape index (κ3) is 4.05. The molecule has 2 bridgehead atoms. The van der Waals surface area contributed by atoms with E-state index >= 15 is 0 Å². The second-order valence-electron chi connectivity index (χ2n) is 7.62. The highest BCUT2D eigenvalue weighted by atomic mass is 19.1. The van der Waals surface area contributed by atoms with E-state index in [-0.39, 0.29) is 23.8 Å². The number of nitrogens with zero attached hydrogens (tertiary/aromatic N) is 1. The third-order valence-electron chi connectivity index (χ3n) is 5.90. The molecule has 2 aromatic carbocycles. The lowest BCUT2D eigenvalue weighted by Gasteiger charge is -2.40. The van der Waals surface area contributed by atoms with E-state index in [2.05, 4.69) is 4.90 Å². The van der Waals surface area contributed by atoms with Crippen molar-refractivity contribution < 1.29 is 13.5 Å². The largest absolute Gasteiger partial charge is 0.365 e. The molecule has 144 valence electrons. The van der Waals surface area contributed by atoms with Gasteiger partial charge in [0.05, 0.1) is 6.10 Å². The fourth-order valence-electron chi connectivity index (χ4n) is 4.67. The fraction of sp³-hybridized carbons (Fsp3) is 0.455. The van der Waals surface area contributed by atoms with Crippen molar-refractivity contribution >= 4 is 0 Å². The summed E-state index contributed by atoms with van der Waals surface area (Å²) in [6.45, 7) is 1.63. The van der Waals surface area contributed by atoms with Crippen LogP contribution in [0.4, 0.5) is 8.78 Å². The average molecular weight is 372 g/mol. The molecule has 0 aliphatic carbocycles. The topological polar surface area (TPSA) is 38.5 Å². The number of benzene rings is 2. The predicted molar refractivity (Wildman–Crippen MR) is 101 cm³/mol. The van der Waals surface area contributed by atoms with Gasteiger partial charge in [0.1, 0.15) is 17.7 Å². The van der Waals surface area contributed by atoms with Crippen molar-refractivity contribution in [1.29, 1.82) is 0 Å². The van der Waals surface area contributed by atoms with Crippen molar-refractivity contribution in [3.05, 3.63) is 71.3 Å². The monoisotopic (exact) mass is 372 g/mol. The van der Waals surface area contributed by atoms with Crippen LogP contribution < -0.4 is 5.73 Å². The quantitative estimate of drug-likeness (QED) is 0.832. The number of hydrogen-bond acceptors (Lipinski definition) is 3. The van der Waals surface area contributed by atoms with Gasteiger partial charge in [0.25, 0.3) is 0 Å². The third-order valence-corrected chi connectivity index (χ3v) is 5.90. The molecule has 1 unspecified atom stereocenters. The molecule has 27 heavy (non-hydrogen) atoms. The molecule has 5 heteroatoms. The molecule has 0 radical (unpaired) electrons. The van der Waals surface area contributed by atoms with E-state index in [0.717, 1.165) is 30.5 Å². The van der Waals surface area contributed by atoms with Gasteiger partial charge in [0, 0.05) is 25.2 Å². The molecule has 2 aliphatic rings. The van der Waals surface area contributed by atoms with Gasteiger partial charge in [0.2, 0.25) is 0 Å². The molecule has 2 saturated heterocycles. The Labute approximate surface area is 159 Å². The second kappa shape index (κ2) is 8.05. The minimum absolute atomic E-state index is 0.136. The molecule has 2 N–H and O–H groups in total. The maximum absolute atomic E-state index is 13.4. The van der Waals surface area contributed by atoms with E-state index in [1.165, 1.54) is 37.1 Å². The highest BCUT2D eigenvalue weighted by Gasteiger charge is 2.41. The molecule has 4 rings (SSSR count). The van der Waals surface area contributed by atoms with E-state index < -0.39 is 0 Å². The fourth-order valence-corrected chi connectivity index (χ4v) is 4.67. The molecule has 2 heterocycles. The zero-order chi connectivity index (χ0) is 18.8. The average Bonchev–Trinajstić information content (AvgIpc) is 2.90. The summed E-state index contributed by atoms with van der Waals surface area (Å²) in [5, 5.41) is 0. The molecule has 0 saturated carbocycles. The van der Waals surface area contributed by atoms with Crippen LogP contribution in [0.2, 0.25) is 0 Å². The normalized spacial score (nSPS) is 25.3. The Morgan fingerprint density at radius 2 is 1.37 bits per heavy atom. The van der Waals surface area contributed by atoms with Gasteiger partial charge in [-0.05, 0) is 61.1 Å². The van der Waals surface area contributed by atoms with Crippen molar-refractivity contribution in [2.75, 3.05) is 13.1 Å². The summed E-state index contributed by atoms with van der Waals surface area (Å²) in [6.07, 6.45) is 4.17. The lowest BCUT2D eigenvalue weighted by atomic mass is 9.97. The number of ether oxygens (including phenoxy) is 1. The van der Waals surface area contributed by atoms with E-state index in [9.17, 15) is 8.78 Å². The van der Waals surface area contributed by atoms with Crippen LogP contribution in [0.5, 0.6) is 0 Å². The smallest absolute Gasteiger partial charge is 0.123 e. The molecule has 2 aliphatic heterocycles. The molecular weight excluding hydrogens is 346 g/mol. The highest BCUT2D eigenvalue weighted by molar-refractivity contribution is 5.30. The second-order valence-corrected chi connectivity index (χ2v) is 7.62. The summed E-state index contributed by atoms with van der Waals surface area (Å²) < 4.78 is 33.3. The lowest BCUT2D eigenvalue weighted by molar-refractivity contribution is -0.0475. The summed E-state index contributed by atoms with van der Waals surface area (Å²) in [5.74, 6) is -0.547. The van der Waals surface area contributed by atoms with Gasteiger partial charge in [-0.3, -0.25) is 4.90 Å². The number of halogens is 2. The Kier molecular flexibility index (Phi) is 5.53. The van der Waals surface area contributed by atoms with Crippen LogP contribution in [0.1, 0.15) is 42.9 Å². The maximum atomic E-state index is 13.4. The van der Waals surface area contributed by atoms with Crippen LogP contribution in [0.3, 0.4) is 0 Å². The van der Waals surface area contributed by atoms with Crippen molar-refractivity contribution in [2.45, 2.75) is 50.0 Å². The van der Waals surface area contributed by atoms with Gasteiger partial charge in [-0.25, -0.2) is 8.78 Å². The summed E-state index contributed by atoms with van der Waals surface area (Å²) in [7, 11) is 0. The molecule has 3 nitrogen and oxygen atoms in total. The van der Waals surface area contributed by atoms with Gasteiger partial charge in [0.15, 0.2) is 0 Å². The van der Waals surface area contributed by atoms with Crippen LogP contribution in [-0.2, 0) is 4.74 Å². The van der Waals surface area contributed by atoms with Crippen molar-refractivity contribution in [2.24, 2.45) is 5.73 Å². The Balaban J connectivity index is 1.55. The number of rotatable bonds is 6. The number of piperidine rings is 1. The molecule has 0 aromatic heterocycles. The van der Waals surface area contributed by atoms with E-state index in [1.54, 1.807) is 24.3 Å². The first-order chi connectivity index (χ1) is 13.1. The van der Waals surface area contributed by atoms with E-state index in [1.807, 2.05) is 0 Å². The lowest BCUT2D eigenvalue weighted by Crippen LogP contribution is -2.47. The van der Waals surface area contributed by atoms with Gasteiger partial charge in [-0.15, -0.1) is 0 Å². The van der Waals surface area contributed by atoms with Gasteiger partial charge < -0.3 is 10.5 Å². The minimum Gasteiger partial charge on any atom is -0.365 e. The van der Waals surface area contributed by atoms with Crippen LogP contribution in [-0.4, -0.2) is 36.2 Å². The maximum Gasteiger partial charge on any atom is 0.123 e. The van der Waals surface area contributed by atoms with E-state index in [4.69, 9.17) is 10.5 Å². The molecule has 0 amide bonds. The predicted octanol–water partition coefficient (Wildman–Crippen LogP) is 4.02. The summed E-state index contributed by atoms with van der Waals surface area (Å²) in [6, 6.07) is 13.8. The van der Waals surface area contributed by atoms with Crippen LogP contribution in [0, 0.1) is 11.6 Å². The number of fused-ring (bicyclic) bond motifs is 2. The van der Waals surface area contributed by atoms with Crippen molar-refractivity contribution in [1.82, 2.24) is 4.90 Å². The standard InChI is InChI=1S/C22H26F2N2O/c23-17-5-1-15(2-6-17)22(16-3-7-18(24)8-4-16)27-21-13-19-9-10-20(14-21)26(19)12-11-25/h1-8,19-22H,9-14,25H2/t19-,20+,21?. The SMILES string of the molecule is NCCN1[C@@H]2CC[C@H]1CC(OC(c1ccc(F)cc1)c1ccc(F)cc1)C2. The first-order valence-corrected chi connectivity index (χ1v) is 9.76. The first kappa shape index (κ1) is 18.5. The van der Waals surface area contributed by atoms with Crippen molar-refractivity contribution in [3.8, 4) is 0 Å². The first-order valence-electron chi connectivity index (χ1n) is 9.76. The van der Waals surface area contributed by atoms with Crippen LogP contribution in [0.25, 0.3) is 0 Å². The Bertz CT molecular complexity index is 690. The molecule has 3 atom stereocenters.